The molecule has 7 nitrogen and oxygen atoms in total. The summed E-state index contributed by atoms with van der Waals surface area (Å²) in [6.07, 6.45) is -1.08. The number of nitrogens with two attached hydrogens (primary N) is 1. The number of aromatic carboxylic acids is 2. The zero-order chi connectivity index (χ0) is 17.9. The van der Waals surface area contributed by atoms with Crippen LogP contribution in [0.1, 0.15) is 38.8 Å². The monoisotopic (exact) mass is 329 g/mol. The molecule has 24 heavy (non-hydrogen) atoms. The molecule has 124 valence electrons. The number of carbonyl (C=O) groups excluding carboxylic acids is 1. The first-order valence-corrected chi connectivity index (χ1v) is 6.91. The maximum absolute atomic E-state index is 11.6. The highest BCUT2D eigenvalue weighted by atomic mass is 16.6. The van der Waals surface area contributed by atoms with Crippen LogP contribution in [0.25, 0.3) is 0 Å². The van der Waals surface area contributed by atoms with Crippen molar-refractivity contribution in [2.45, 2.75) is 12.5 Å². The van der Waals surface area contributed by atoms with E-state index in [0.29, 0.717) is 5.56 Å². The van der Waals surface area contributed by atoms with Gasteiger partial charge in [-0.15, -0.1) is 0 Å². The summed E-state index contributed by atoms with van der Waals surface area (Å²) < 4.78 is 5.23. The van der Waals surface area contributed by atoms with E-state index in [9.17, 15) is 19.5 Å². The minimum absolute atomic E-state index is 0.116. The van der Waals surface area contributed by atoms with Crippen molar-refractivity contribution >= 4 is 18.0 Å². The maximum Gasteiger partial charge on any atom is 0.405 e. The molecule has 0 bridgehead atoms. The first-order chi connectivity index (χ1) is 11.3. The van der Waals surface area contributed by atoms with Crippen molar-refractivity contribution in [1.29, 1.82) is 0 Å². The van der Waals surface area contributed by atoms with Gasteiger partial charge in [0.15, 0.2) is 5.60 Å². The van der Waals surface area contributed by atoms with Gasteiger partial charge >= 0.3 is 18.0 Å². The normalized spacial score (nSPS) is 12.9. The molecule has 2 aromatic carbocycles. The fraction of sp³-hybridized carbons (Fsp3) is 0.118. The molecule has 0 saturated carbocycles. The minimum atomic E-state index is -1.49. The number of ether oxygens (including phenoxy) is 1. The van der Waals surface area contributed by atoms with Crippen LogP contribution in [-0.4, -0.2) is 28.2 Å². The van der Waals surface area contributed by atoms with Crippen LogP contribution in [0, 0.1) is 0 Å². The van der Waals surface area contributed by atoms with E-state index in [-0.39, 0.29) is 16.7 Å². The Kier molecular flexibility index (Phi) is 4.54. The van der Waals surface area contributed by atoms with Crippen LogP contribution in [0.15, 0.2) is 48.5 Å². The van der Waals surface area contributed by atoms with Gasteiger partial charge in [0, 0.05) is 5.56 Å². The van der Waals surface area contributed by atoms with Gasteiger partial charge < -0.3 is 20.7 Å². The molecule has 2 aromatic rings. The summed E-state index contributed by atoms with van der Waals surface area (Å²) in [5, 5.41) is 18.5. The number of amides is 1. The molecular formula is C17H15NO6. The number of carbonyl (C=O) groups is 3. The third-order valence-corrected chi connectivity index (χ3v) is 3.64. The summed E-state index contributed by atoms with van der Waals surface area (Å²) in [4.78, 5) is 34.1. The topological polar surface area (TPSA) is 127 Å². The highest BCUT2D eigenvalue weighted by Gasteiger charge is 2.36. The summed E-state index contributed by atoms with van der Waals surface area (Å²) >= 11 is 0. The molecule has 0 aromatic heterocycles. The highest BCUT2D eigenvalue weighted by Crippen LogP contribution is 2.36. The molecule has 0 heterocycles. The second kappa shape index (κ2) is 6.41. The first kappa shape index (κ1) is 17.0. The van der Waals surface area contributed by atoms with Crippen molar-refractivity contribution in [2.75, 3.05) is 0 Å². The SMILES string of the molecule is CC(OC(N)=O)(c1ccccc1)c1ccc(C(=O)O)cc1C(=O)O. The van der Waals surface area contributed by atoms with Crippen LogP contribution in [0.3, 0.4) is 0 Å². The molecule has 2 rings (SSSR count). The van der Waals surface area contributed by atoms with Gasteiger partial charge in [0.1, 0.15) is 0 Å². The minimum Gasteiger partial charge on any atom is -0.478 e. The molecule has 1 amide bonds. The summed E-state index contributed by atoms with van der Waals surface area (Å²) in [5.41, 5.74) is 3.80. The van der Waals surface area contributed by atoms with E-state index >= 15 is 0 Å². The van der Waals surface area contributed by atoms with Crippen molar-refractivity contribution in [3.63, 3.8) is 0 Å². The Bertz CT molecular complexity index is 802. The van der Waals surface area contributed by atoms with Crippen LogP contribution in [0.2, 0.25) is 0 Å². The standard InChI is InChI=1S/C17H15NO6/c1-17(24-16(18)23,11-5-3-2-4-6-11)13-8-7-10(14(19)20)9-12(13)15(21)22/h2-9H,1H3,(H2,18,23)(H,19,20)(H,21,22). The first-order valence-electron chi connectivity index (χ1n) is 6.91. The molecule has 1 atom stereocenters. The van der Waals surface area contributed by atoms with E-state index in [0.717, 1.165) is 6.07 Å². The predicted molar refractivity (Wildman–Crippen MR) is 83.9 cm³/mol. The van der Waals surface area contributed by atoms with Gasteiger partial charge in [-0.25, -0.2) is 14.4 Å². The average molecular weight is 329 g/mol. The van der Waals surface area contributed by atoms with Crippen molar-refractivity contribution in [2.24, 2.45) is 5.73 Å². The van der Waals surface area contributed by atoms with Gasteiger partial charge in [0.25, 0.3) is 0 Å². The number of rotatable bonds is 5. The lowest BCUT2D eigenvalue weighted by Crippen LogP contribution is -2.34. The molecule has 1 unspecified atom stereocenters. The second-order valence-electron chi connectivity index (χ2n) is 5.19. The molecule has 0 aliphatic rings. The lowest BCUT2D eigenvalue weighted by atomic mass is 9.84. The smallest absolute Gasteiger partial charge is 0.405 e. The summed E-state index contributed by atoms with van der Waals surface area (Å²) in [6, 6.07) is 12.0. The Morgan fingerprint density at radius 2 is 1.62 bits per heavy atom. The Morgan fingerprint density at radius 3 is 2.12 bits per heavy atom. The van der Waals surface area contributed by atoms with Gasteiger partial charge in [-0.05, 0) is 24.6 Å². The van der Waals surface area contributed by atoms with Gasteiger partial charge in [0.05, 0.1) is 11.1 Å². The summed E-state index contributed by atoms with van der Waals surface area (Å²) in [7, 11) is 0. The van der Waals surface area contributed by atoms with E-state index in [2.05, 4.69) is 0 Å². The van der Waals surface area contributed by atoms with Crippen molar-refractivity contribution in [3.05, 3.63) is 70.8 Å². The molecule has 4 N–H and O–H groups in total. The molecule has 0 fully saturated rings. The number of carboxylic acid groups (broad SMARTS) is 2. The molecule has 0 aliphatic carbocycles. The molecule has 0 saturated heterocycles. The van der Waals surface area contributed by atoms with Gasteiger partial charge in [-0.1, -0.05) is 36.4 Å². The van der Waals surface area contributed by atoms with E-state index in [1.54, 1.807) is 30.3 Å². The molecule has 0 radical (unpaired) electrons. The molecule has 7 heteroatoms. The van der Waals surface area contributed by atoms with Crippen LogP contribution in [0.5, 0.6) is 0 Å². The molecule has 0 spiro atoms. The maximum atomic E-state index is 11.6. The summed E-state index contributed by atoms with van der Waals surface area (Å²) in [6.45, 7) is 1.50. The highest BCUT2D eigenvalue weighted by molar-refractivity contribution is 5.95. The Balaban J connectivity index is 2.73. The van der Waals surface area contributed by atoms with E-state index in [1.165, 1.54) is 19.1 Å². The van der Waals surface area contributed by atoms with E-state index in [1.807, 2.05) is 0 Å². The van der Waals surface area contributed by atoms with E-state index in [4.69, 9.17) is 15.6 Å². The van der Waals surface area contributed by atoms with Gasteiger partial charge in [0.2, 0.25) is 0 Å². The Hall–Kier alpha value is -3.35. The van der Waals surface area contributed by atoms with Gasteiger partial charge in [-0.3, -0.25) is 0 Å². The third-order valence-electron chi connectivity index (χ3n) is 3.64. The van der Waals surface area contributed by atoms with Crippen molar-refractivity contribution in [3.8, 4) is 0 Å². The largest absolute Gasteiger partial charge is 0.478 e. The number of primary amides is 1. The summed E-state index contributed by atoms with van der Waals surface area (Å²) in [5.74, 6) is -2.61. The van der Waals surface area contributed by atoms with Crippen LogP contribution in [0.4, 0.5) is 4.79 Å². The zero-order valence-electron chi connectivity index (χ0n) is 12.7. The Morgan fingerprint density at radius 1 is 1.00 bits per heavy atom. The number of benzene rings is 2. The van der Waals surface area contributed by atoms with Gasteiger partial charge in [-0.2, -0.15) is 0 Å². The molecular weight excluding hydrogens is 314 g/mol. The Labute approximate surface area is 137 Å². The third kappa shape index (κ3) is 3.19. The predicted octanol–water partition coefficient (Wildman–Crippen LogP) is 2.44. The lowest BCUT2D eigenvalue weighted by Gasteiger charge is -2.31. The van der Waals surface area contributed by atoms with Crippen LogP contribution < -0.4 is 5.73 Å². The number of hydrogen-bond acceptors (Lipinski definition) is 4. The number of hydrogen-bond donors (Lipinski definition) is 3. The fourth-order valence-corrected chi connectivity index (χ4v) is 2.50. The zero-order valence-corrected chi connectivity index (χ0v) is 12.7. The van der Waals surface area contributed by atoms with Crippen LogP contribution in [-0.2, 0) is 10.3 Å². The van der Waals surface area contributed by atoms with Crippen molar-refractivity contribution in [1.82, 2.24) is 0 Å². The fourth-order valence-electron chi connectivity index (χ4n) is 2.50. The lowest BCUT2D eigenvalue weighted by molar-refractivity contribution is 0.0544. The van der Waals surface area contributed by atoms with Crippen LogP contribution >= 0.6 is 0 Å². The van der Waals surface area contributed by atoms with Crippen molar-refractivity contribution < 1.29 is 29.3 Å². The number of carboxylic acids is 2. The molecule has 0 aliphatic heterocycles. The van der Waals surface area contributed by atoms with E-state index < -0.39 is 23.6 Å². The second-order valence-corrected chi connectivity index (χ2v) is 5.19. The average Bonchev–Trinajstić information content (AvgIpc) is 2.54. The quantitative estimate of drug-likeness (QED) is 0.773.